The molecule has 0 saturated carbocycles. The molecule has 2 aromatic carbocycles. The second-order valence-corrected chi connectivity index (χ2v) is 7.30. The van der Waals surface area contributed by atoms with Crippen molar-refractivity contribution in [1.29, 1.82) is 0 Å². The number of benzene rings is 2. The zero-order valence-corrected chi connectivity index (χ0v) is 14.8. The highest BCUT2D eigenvalue weighted by Gasteiger charge is 2.33. The van der Waals surface area contributed by atoms with Crippen LogP contribution in [0.25, 0.3) is 10.8 Å². The number of ketones is 1. The maximum absolute atomic E-state index is 13.0. The normalized spacial score (nSPS) is 20.0. The highest BCUT2D eigenvalue weighted by atomic mass is 16.3. The average molecular weight is 341 g/mol. The Hall–Kier alpha value is -2.23. The number of carbonyl (C=O) groups excluding carboxylic acids is 1. The highest BCUT2D eigenvalue weighted by Crippen LogP contribution is 2.43. The van der Waals surface area contributed by atoms with E-state index in [4.69, 9.17) is 0 Å². The lowest BCUT2D eigenvalue weighted by Gasteiger charge is -2.33. The fourth-order valence-corrected chi connectivity index (χ4v) is 4.10. The monoisotopic (exact) mass is 341 g/mol. The Balaban J connectivity index is 2.00. The van der Waals surface area contributed by atoms with E-state index in [-0.39, 0.29) is 40.1 Å². The zero-order valence-electron chi connectivity index (χ0n) is 14.8. The number of Topliss-reactive ketones (excluding diaryl/α,β-unsaturated/α-hetero) is 1. The molecule has 2 atom stereocenters. The number of phenols is 2. The molecule has 25 heavy (non-hydrogen) atoms. The molecule has 1 aliphatic rings. The highest BCUT2D eigenvalue weighted by molar-refractivity contribution is 6.09. The number of hydrogen-bond acceptors (Lipinski definition) is 4. The van der Waals surface area contributed by atoms with Crippen molar-refractivity contribution in [1.82, 2.24) is 0 Å². The van der Waals surface area contributed by atoms with Crippen molar-refractivity contribution in [3.05, 3.63) is 29.3 Å². The first kappa shape index (κ1) is 17.6. The van der Waals surface area contributed by atoms with Crippen molar-refractivity contribution in [2.24, 2.45) is 11.8 Å². The van der Waals surface area contributed by atoms with E-state index >= 15 is 0 Å². The minimum Gasteiger partial charge on any atom is -0.871 e. The van der Waals surface area contributed by atoms with Gasteiger partial charge in [-0.15, -0.1) is 0 Å². The summed E-state index contributed by atoms with van der Waals surface area (Å²) in [6.07, 6.45) is 5.94. The molecule has 4 heteroatoms. The number of rotatable bonds is 5. The summed E-state index contributed by atoms with van der Waals surface area (Å²) < 4.78 is 0. The third-order valence-corrected chi connectivity index (χ3v) is 5.42. The molecule has 3 rings (SSSR count). The van der Waals surface area contributed by atoms with Gasteiger partial charge < -0.3 is 15.3 Å². The van der Waals surface area contributed by atoms with E-state index in [9.17, 15) is 20.1 Å². The van der Waals surface area contributed by atoms with E-state index in [1.807, 2.05) is 0 Å². The largest absolute Gasteiger partial charge is 0.871 e. The van der Waals surface area contributed by atoms with Crippen molar-refractivity contribution in [2.45, 2.75) is 52.4 Å². The molecule has 1 aliphatic carbocycles. The Morgan fingerprint density at radius 3 is 2.64 bits per heavy atom. The Bertz CT molecular complexity index is 809. The van der Waals surface area contributed by atoms with Crippen molar-refractivity contribution in [2.75, 3.05) is 0 Å². The first-order chi connectivity index (χ1) is 11.9. The van der Waals surface area contributed by atoms with Crippen LogP contribution in [0.3, 0.4) is 0 Å². The molecule has 0 aliphatic heterocycles. The Kier molecular flexibility index (Phi) is 4.89. The summed E-state index contributed by atoms with van der Waals surface area (Å²) in [5.74, 6) is -0.759. The second-order valence-electron chi connectivity index (χ2n) is 7.30. The smallest absolute Gasteiger partial charge is 0.165 e. The summed E-state index contributed by atoms with van der Waals surface area (Å²) in [6, 6.07) is 4.38. The minimum atomic E-state index is -0.402. The van der Waals surface area contributed by atoms with Gasteiger partial charge in [0, 0.05) is 22.9 Å². The van der Waals surface area contributed by atoms with E-state index in [1.165, 1.54) is 12.5 Å². The molecule has 4 nitrogen and oxygen atoms in total. The van der Waals surface area contributed by atoms with Crippen LogP contribution >= 0.6 is 0 Å². The van der Waals surface area contributed by atoms with Crippen molar-refractivity contribution < 1.29 is 20.1 Å². The fourth-order valence-electron chi connectivity index (χ4n) is 4.10. The van der Waals surface area contributed by atoms with Crippen LogP contribution in [0.5, 0.6) is 17.2 Å². The molecule has 0 amide bonds. The van der Waals surface area contributed by atoms with Crippen LogP contribution in [-0.4, -0.2) is 16.0 Å². The van der Waals surface area contributed by atoms with Gasteiger partial charge in [-0.3, -0.25) is 4.79 Å². The Labute approximate surface area is 148 Å². The van der Waals surface area contributed by atoms with Crippen LogP contribution in [0.4, 0.5) is 0 Å². The molecule has 1 unspecified atom stereocenters. The summed E-state index contributed by atoms with van der Waals surface area (Å²) in [5, 5.41) is 33.2. The van der Waals surface area contributed by atoms with E-state index in [0.717, 1.165) is 37.3 Å². The maximum Gasteiger partial charge on any atom is 0.165 e. The van der Waals surface area contributed by atoms with E-state index in [1.54, 1.807) is 6.07 Å². The maximum atomic E-state index is 13.0. The van der Waals surface area contributed by atoms with Gasteiger partial charge in [-0.05, 0) is 35.8 Å². The number of phenolic OH excluding ortho intramolecular Hbond substituents is 2. The van der Waals surface area contributed by atoms with Crippen LogP contribution in [0.2, 0.25) is 0 Å². The molecular weight excluding hydrogens is 316 g/mol. The number of hydrogen-bond donors (Lipinski definition) is 2. The molecule has 2 N–H and O–H groups in total. The van der Waals surface area contributed by atoms with Gasteiger partial charge in [0.05, 0.1) is 0 Å². The van der Waals surface area contributed by atoms with E-state index in [2.05, 4.69) is 13.8 Å². The lowest BCUT2D eigenvalue weighted by Crippen LogP contribution is -2.31. The van der Waals surface area contributed by atoms with Crippen LogP contribution in [0.15, 0.2) is 18.2 Å². The average Bonchev–Trinajstić information content (AvgIpc) is 2.52. The number of aromatic hydroxyl groups is 2. The van der Waals surface area contributed by atoms with Gasteiger partial charge in [-0.25, -0.2) is 0 Å². The van der Waals surface area contributed by atoms with E-state index in [0.29, 0.717) is 11.8 Å². The van der Waals surface area contributed by atoms with Gasteiger partial charge in [-0.2, -0.15) is 0 Å². The number of fused-ring (bicyclic) bond motifs is 2. The van der Waals surface area contributed by atoms with Gasteiger partial charge in [0.2, 0.25) is 0 Å². The van der Waals surface area contributed by atoms with Crippen molar-refractivity contribution in [3.63, 3.8) is 0 Å². The molecule has 0 aromatic heterocycles. The summed E-state index contributed by atoms with van der Waals surface area (Å²) in [5.41, 5.74) is 0.983. The zero-order chi connectivity index (χ0) is 18.1. The number of unbranched alkanes of at least 4 members (excludes halogenated alkanes) is 3. The lowest BCUT2D eigenvalue weighted by atomic mass is 9.72. The minimum absolute atomic E-state index is 0.0791. The Morgan fingerprint density at radius 1 is 1.16 bits per heavy atom. The SMILES string of the molecule is CCCCCCC1C(=O)c2c(cc3cc(O)cc(O)c3c2[O-])C[C@H]1C. The van der Waals surface area contributed by atoms with Crippen molar-refractivity contribution >= 4 is 16.6 Å². The molecule has 134 valence electrons. The summed E-state index contributed by atoms with van der Waals surface area (Å²) in [6.45, 7) is 4.23. The Morgan fingerprint density at radius 2 is 1.92 bits per heavy atom. The first-order valence-electron chi connectivity index (χ1n) is 9.16. The molecule has 0 heterocycles. The third-order valence-electron chi connectivity index (χ3n) is 5.42. The molecule has 0 fully saturated rings. The van der Waals surface area contributed by atoms with Crippen LogP contribution in [0.1, 0.15) is 61.9 Å². The first-order valence-corrected chi connectivity index (χ1v) is 9.16. The molecule has 2 aromatic rings. The number of carbonyl (C=O) groups is 1. The van der Waals surface area contributed by atoms with Crippen LogP contribution in [0, 0.1) is 11.8 Å². The van der Waals surface area contributed by atoms with Crippen LogP contribution in [-0.2, 0) is 6.42 Å². The van der Waals surface area contributed by atoms with Gasteiger partial charge >= 0.3 is 0 Å². The predicted octanol–water partition coefficient (Wildman–Crippen LogP) is 4.29. The van der Waals surface area contributed by atoms with Gasteiger partial charge in [0.1, 0.15) is 11.5 Å². The van der Waals surface area contributed by atoms with E-state index < -0.39 is 5.75 Å². The topological polar surface area (TPSA) is 80.6 Å². The van der Waals surface area contributed by atoms with Gasteiger partial charge in [-0.1, -0.05) is 51.3 Å². The van der Waals surface area contributed by atoms with Crippen molar-refractivity contribution in [3.8, 4) is 17.2 Å². The van der Waals surface area contributed by atoms with Crippen LogP contribution < -0.4 is 5.11 Å². The molecule has 0 radical (unpaired) electrons. The molecule has 0 bridgehead atoms. The molecular formula is C21H25O4-. The standard InChI is InChI=1S/C21H26O4/c1-3-4-5-6-7-16-12(2)8-13-9-14-10-15(22)11-17(23)18(14)21(25)19(13)20(16)24/h9-12,16,22-23,25H,3-8H2,1-2H3/p-1/t12-,16?/m1/s1. The predicted molar refractivity (Wildman–Crippen MR) is 96.2 cm³/mol. The lowest BCUT2D eigenvalue weighted by molar-refractivity contribution is -0.266. The molecule has 0 saturated heterocycles. The second kappa shape index (κ2) is 6.95. The summed E-state index contributed by atoms with van der Waals surface area (Å²) in [4.78, 5) is 13.0. The van der Waals surface area contributed by atoms with Gasteiger partial charge in [0.15, 0.2) is 5.78 Å². The third kappa shape index (κ3) is 3.17. The van der Waals surface area contributed by atoms with Gasteiger partial charge in [0.25, 0.3) is 0 Å². The summed E-state index contributed by atoms with van der Waals surface area (Å²) in [7, 11) is 0. The summed E-state index contributed by atoms with van der Waals surface area (Å²) >= 11 is 0. The molecule has 0 spiro atoms. The quantitative estimate of drug-likeness (QED) is 0.795. The fraction of sp³-hybridized carbons (Fsp3) is 0.476.